The predicted molar refractivity (Wildman–Crippen MR) is 60.2 cm³/mol. The number of aliphatic hydroxyl groups is 1. The zero-order valence-corrected chi connectivity index (χ0v) is 9.36. The highest BCUT2D eigenvalue weighted by molar-refractivity contribution is 5.94. The first kappa shape index (κ1) is 12.4. The number of aromatic amines is 1. The van der Waals surface area contributed by atoms with Gasteiger partial charge in [0.2, 0.25) is 5.56 Å². The fourth-order valence-corrected chi connectivity index (χ4v) is 1.23. The SMILES string of the molecule is CC(C)[C@@H](CO)NC(=O)c1ccc(=O)[nH]c1. The molecular weight excluding hydrogens is 208 g/mol. The van der Waals surface area contributed by atoms with Crippen LogP contribution in [-0.4, -0.2) is 28.6 Å². The Morgan fingerprint density at radius 3 is 2.62 bits per heavy atom. The van der Waals surface area contributed by atoms with E-state index in [-0.39, 0.29) is 30.0 Å². The van der Waals surface area contributed by atoms with Crippen molar-refractivity contribution in [2.24, 2.45) is 5.92 Å². The minimum atomic E-state index is -0.302. The highest BCUT2D eigenvalue weighted by Crippen LogP contribution is 2.02. The summed E-state index contributed by atoms with van der Waals surface area (Å²) < 4.78 is 0. The third-order valence-electron chi connectivity index (χ3n) is 2.36. The van der Waals surface area contributed by atoms with Crippen molar-refractivity contribution in [2.75, 3.05) is 6.61 Å². The molecule has 0 aliphatic rings. The molecule has 0 aliphatic carbocycles. The number of H-pyrrole nitrogens is 1. The average molecular weight is 224 g/mol. The Bertz CT molecular complexity index is 391. The van der Waals surface area contributed by atoms with Gasteiger partial charge in [0.25, 0.3) is 5.91 Å². The Balaban J connectivity index is 2.71. The Hall–Kier alpha value is -1.62. The van der Waals surface area contributed by atoms with Crippen LogP contribution in [0.15, 0.2) is 23.1 Å². The molecule has 0 fully saturated rings. The smallest absolute Gasteiger partial charge is 0.253 e. The van der Waals surface area contributed by atoms with Crippen LogP contribution < -0.4 is 10.9 Å². The highest BCUT2D eigenvalue weighted by Gasteiger charge is 2.15. The molecule has 1 amide bonds. The maximum atomic E-state index is 11.7. The molecule has 1 heterocycles. The summed E-state index contributed by atoms with van der Waals surface area (Å²) in [6.45, 7) is 3.72. The van der Waals surface area contributed by atoms with Crippen molar-refractivity contribution in [1.82, 2.24) is 10.3 Å². The summed E-state index contributed by atoms with van der Waals surface area (Å²) in [6.07, 6.45) is 1.35. The van der Waals surface area contributed by atoms with Crippen molar-refractivity contribution in [1.29, 1.82) is 0 Å². The first-order chi connectivity index (χ1) is 7.54. The third kappa shape index (κ3) is 3.20. The van der Waals surface area contributed by atoms with E-state index in [1.54, 1.807) is 0 Å². The molecule has 5 heteroatoms. The van der Waals surface area contributed by atoms with Gasteiger partial charge in [-0.25, -0.2) is 0 Å². The van der Waals surface area contributed by atoms with Gasteiger partial charge in [-0.3, -0.25) is 9.59 Å². The number of carbonyl (C=O) groups excluding carboxylic acids is 1. The first-order valence-electron chi connectivity index (χ1n) is 5.15. The van der Waals surface area contributed by atoms with Crippen molar-refractivity contribution in [2.45, 2.75) is 19.9 Å². The predicted octanol–water partition coefficient (Wildman–Crippen LogP) is 0.122. The summed E-state index contributed by atoms with van der Waals surface area (Å²) in [5.41, 5.74) is 0.123. The fraction of sp³-hybridized carbons (Fsp3) is 0.455. The van der Waals surface area contributed by atoms with Crippen LogP contribution in [0.25, 0.3) is 0 Å². The van der Waals surface area contributed by atoms with Gasteiger partial charge in [0.15, 0.2) is 0 Å². The van der Waals surface area contributed by atoms with Gasteiger partial charge in [-0.15, -0.1) is 0 Å². The lowest BCUT2D eigenvalue weighted by molar-refractivity contribution is 0.0896. The van der Waals surface area contributed by atoms with Crippen molar-refractivity contribution in [3.05, 3.63) is 34.2 Å². The molecule has 0 aliphatic heterocycles. The molecule has 0 bridgehead atoms. The van der Waals surface area contributed by atoms with E-state index in [2.05, 4.69) is 10.3 Å². The summed E-state index contributed by atoms with van der Waals surface area (Å²) in [5.74, 6) is -0.152. The van der Waals surface area contributed by atoms with Gasteiger partial charge in [-0.05, 0) is 12.0 Å². The van der Waals surface area contributed by atoms with E-state index in [1.807, 2.05) is 13.8 Å². The van der Waals surface area contributed by atoms with Crippen molar-refractivity contribution < 1.29 is 9.90 Å². The van der Waals surface area contributed by atoms with Gasteiger partial charge in [-0.1, -0.05) is 13.8 Å². The van der Waals surface area contributed by atoms with Crippen LogP contribution in [0.2, 0.25) is 0 Å². The Labute approximate surface area is 93.5 Å². The van der Waals surface area contributed by atoms with E-state index in [0.29, 0.717) is 5.56 Å². The summed E-state index contributed by atoms with van der Waals surface area (Å²) in [4.78, 5) is 24.9. The summed E-state index contributed by atoms with van der Waals surface area (Å²) in [5, 5.41) is 11.8. The molecule has 0 radical (unpaired) electrons. The number of aliphatic hydroxyl groups excluding tert-OH is 1. The summed E-state index contributed by atoms with van der Waals surface area (Å²) >= 11 is 0. The average Bonchev–Trinajstić information content (AvgIpc) is 2.26. The number of hydrogen-bond acceptors (Lipinski definition) is 3. The zero-order chi connectivity index (χ0) is 12.1. The molecule has 1 aromatic heterocycles. The van der Waals surface area contributed by atoms with Gasteiger partial charge in [0, 0.05) is 12.3 Å². The van der Waals surface area contributed by atoms with Crippen LogP contribution in [0.5, 0.6) is 0 Å². The van der Waals surface area contributed by atoms with Crippen LogP contribution in [0.3, 0.4) is 0 Å². The fourth-order valence-electron chi connectivity index (χ4n) is 1.23. The van der Waals surface area contributed by atoms with E-state index in [1.165, 1.54) is 18.3 Å². The maximum absolute atomic E-state index is 11.7. The van der Waals surface area contributed by atoms with E-state index in [9.17, 15) is 9.59 Å². The molecule has 0 unspecified atom stereocenters. The van der Waals surface area contributed by atoms with E-state index < -0.39 is 0 Å². The normalized spacial score (nSPS) is 12.5. The number of pyridine rings is 1. The van der Waals surface area contributed by atoms with Crippen LogP contribution >= 0.6 is 0 Å². The molecule has 0 aromatic carbocycles. The number of amides is 1. The Kier molecular flexibility index (Phi) is 4.25. The van der Waals surface area contributed by atoms with Crippen LogP contribution in [0.4, 0.5) is 0 Å². The van der Waals surface area contributed by atoms with Crippen LogP contribution in [-0.2, 0) is 0 Å². The summed E-state index contributed by atoms with van der Waals surface area (Å²) in [6, 6.07) is 2.46. The molecule has 0 saturated carbocycles. The molecule has 0 spiro atoms. The first-order valence-corrected chi connectivity index (χ1v) is 5.15. The lowest BCUT2D eigenvalue weighted by Crippen LogP contribution is -2.41. The number of nitrogens with one attached hydrogen (secondary N) is 2. The topological polar surface area (TPSA) is 82.2 Å². The standard InChI is InChI=1S/C11H16N2O3/c1-7(2)9(6-14)13-11(16)8-3-4-10(15)12-5-8/h3-5,7,9,14H,6H2,1-2H3,(H,12,15)(H,13,16)/t9-/m1/s1. The third-order valence-corrected chi connectivity index (χ3v) is 2.36. The lowest BCUT2D eigenvalue weighted by atomic mass is 10.1. The summed E-state index contributed by atoms with van der Waals surface area (Å²) in [7, 11) is 0. The molecule has 1 aromatic rings. The van der Waals surface area contributed by atoms with Crippen LogP contribution in [0.1, 0.15) is 24.2 Å². The maximum Gasteiger partial charge on any atom is 0.253 e. The number of aromatic nitrogens is 1. The van der Waals surface area contributed by atoms with Crippen molar-refractivity contribution in [3.8, 4) is 0 Å². The van der Waals surface area contributed by atoms with Crippen molar-refractivity contribution in [3.63, 3.8) is 0 Å². The number of carbonyl (C=O) groups is 1. The van der Waals surface area contributed by atoms with E-state index in [4.69, 9.17) is 5.11 Å². The van der Waals surface area contributed by atoms with E-state index in [0.717, 1.165) is 0 Å². The van der Waals surface area contributed by atoms with Gasteiger partial charge in [0.1, 0.15) is 0 Å². The van der Waals surface area contributed by atoms with Gasteiger partial charge in [-0.2, -0.15) is 0 Å². The Morgan fingerprint density at radius 2 is 2.19 bits per heavy atom. The zero-order valence-electron chi connectivity index (χ0n) is 9.36. The second-order valence-corrected chi connectivity index (χ2v) is 3.95. The molecule has 0 saturated heterocycles. The monoisotopic (exact) mass is 224 g/mol. The molecule has 16 heavy (non-hydrogen) atoms. The molecular formula is C11H16N2O3. The number of hydrogen-bond donors (Lipinski definition) is 3. The quantitative estimate of drug-likeness (QED) is 0.679. The molecule has 1 atom stereocenters. The van der Waals surface area contributed by atoms with Gasteiger partial charge < -0.3 is 15.4 Å². The van der Waals surface area contributed by atoms with Gasteiger partial charge in [0.05, 0.1) is 18.2 Å². The minimum Gasteiger partial charge on any atom is -0.394 e. The van der Waals surface area contributed by atoms with Crippen LogP contribution in [0, 0.1) is 5.92 Å². The molecule has 5 nitrogen and oxygen atoms in total. The largest absolute Gasteiger partial charge is 0.394 e. The Morgan fingerprint density at radius 1 is 1.50 bits per heavy atom. The molecule has 88 valence electrons. The number of rotatable bonds is 4. The van der Waals surface area contributed by atoms with Gasteiger partial charge >= 0.3 is 0 Å². The minimum absolute atomic E-state index is 0.104. The second-order valence-electron chi connectivity index (χ2n) is 3.95. The second kappa shape index (κ2) is 5.46. The highest BCUT2D eigenvalue weighted by atomic mass is 16.3. The molecule has 1 rings (SSSR count). The lowest BCUT2D eigenvalue weighted by Gasteiger charge is -2.19. The van der Waals surface area contributed by atoms with E-state index >= 15 is 0 Å². The van der Waals surface area contributed by atoms with Crippen molar-refractivity contribution >= 4 is 5.91 Å². The molecule has 3 N–H and O–H groups in total.